The Morgan fingerprint density at radius 2 is 1.71 bits per heavy atom. The first kappa shape index (κ1) is 26.7. The van der Waals surface area contributed by atoms with Crippen molar-refractivity contribution in [3.63, 3.8) is 0 Å². The average molecular weight is 487 g/mol. The van der Waals surface area contributed by atoms with Crippen molar-refractivity contribution in [2.45, 2.75) is 45.1 Å². The SMILES string of the molecule is COC(=O)c1ccc(C(=O)N2CCC(C3(CCC(C)C)NC(=O)N(CCN(C)C)C3=O)CC2)cc1. The molecule has 2 aliphatic rings. The monoisotopic (exact) mass is 486 g/mol. The van der Waals surface area contributed by atoms with Crippen LogP contribution in [0.15, 0.2) is 24.3 Å². The van der Waals surface area contributed by atoms with E-state index in [1.807, 2.05) is 19.0 Å². The van der Waals surface area contributed by atoms with Gasteiger partial charge in [-0.05, 0) is 75.9 Å². The van der Waals surface area contributed by atoms with Crippen LogP contribution in [0.1, 0.15) is 60.2 Å². The molecule has 1 unspecified atom stereocenters. The molecule has 1 atom stereocenters. The summed E-state index contributed by atoms with van der Waals surface area (Å²) in [6, 6.07) is 6.12. The molecule has 0 saturated carbocycles. The van der Waals surface area contributed by atoms with E-state index >= 15 is 0 Å². The highest BCUT2D eigenvalue weighted by molar-refractivity contribution is 6.07. The number of methoxy groups -OCH3 is 1. The Labute approximate surface area is 207 Å². The maximum absolute atomic E-state index is 13.6. The van der Waals surface area contributed by atoms with Crippen LogP contribution in [0.3, 0.4) is 0 Å². The number of hydrogen-bond acceptors (Lipinski definition) is 6. The van der Waals surface area contributed by atoms with Gasteiger partial charge in [-0.25, -0.2) is 9.59 Å². The number of nitrogens with zero attached hydrogens (tertiary/aromatic N) is 3. The molecule has 9 nitrogen and oxygen atoms in total. The lowest BCUT2D eigenvalue weighted by molar-refractivity contribution is -0.134. The number of rotatable bonds is 9. The van der Waals surface area contributed by atoms with E-state index in [1.54, 1.807) is 29.2 Å². The van der Waals surface area contributed by atoms with Gasteiger partial charge in [0.25, 0.3) is 11.8 Å². The molecule has 0 bridgehead atoms. The molecule has 0 spiro atoms. The van der Waals surface area contributed by atoms with Crippen molar-refractivity contribution in [1.82, 2.24) is 20.0 Å². The number of hydrogen-bond donors (Lipinski definition) is 1. The Hall–Kier alpha value is -2.94. The number of nitrogens with one attached hydrogen (secondary N) is 1. The molecule has 2 heterocycles. The van der Waals surface area contributed by atoms with Gasteiger partial charge in [-0.2, -0.15) is 0 Å². The summed E-state index contributed by atoms with van der Waals surface area (Å²) in [6.45, 7) is 6.22. The number of imide groups is 1. The molecule has 3 rings (SSSR count). The van der Waals surface area contributed by atoms with Crippen molar-refractivity contribution in [1.29, 1.82) is 0 Å². The van der Waals surface area contributed by atoms with Crippen LogP contribution >= 0.6 is 0 Å². The molecule has 192 valence electrons. The Balaban J connectivity index is 1.71. The van der Waals surface area contributed by atoms with Gasteiger partial charge < -0.3 is 19.9 Å². The first-order valence-electron chi connectivity index (χ1n) is 12.4. The third kappa shape index (κ3) is 5.83. The predicted octanol–water partition coefficient (Wildman–Crippen LogP) is 2.61. The molecule has 4 amide bonds. The number of likely N-dealkylation sites (tertiary alicyclic amines) is 1. The number of piperidine rings is 1. The van der Waals surface area contributed by atoms with E-state index in [1.165, 1.54) is 12.0 Å². The van der Waals surface area contributed by atoms with Crippen LogP contribution in [0.25, 0.3) is 0 Å². The van der Waals surface area contributed by atoms with E-state index in [2.05, 4.69) is 19.2 Å². The van der Waals surface area contributed by atoms with Crippen molar-refractivity contribution in [2.75, 3.05) is 47.4 Å². The van der Waals surface area contributed by atoms with Crippen LogP contribution in [0.2, 0.25) is 0 Å². The second kappa shape index (κ2) is 11.2. The molecule has 1 aromatic carbocycles. The van der Waals surface area contributed by atoms with Gasteiger partial charge >= 0.3 is 12.0 Å². The maximum Gasteiger partial charge on any atom is 0.337 e. The zero-order chi connectivity index (χ0) is 25.8. The largest absolute Gasteiger partial charge is 0.465 e. The standard InChI is InChI=1S/C26H38N4O5/c1-18(2)10-13-26(24(33)30(25(34)27-26)17-16-28(3)4)21-11-14-29(15-12-21)22(31)19-6-8-20(9-7-19)23(32)35-5/h6-9,18,21H,10-17H2,1-5H3,(H,27,34). The van der Waals surface area contributed by atoms with Crippen LogP contribution in [0.4, 0.5) is 4.79 Å². The molecule has 1 aromatic rings. The fourth-order valence-corrected chi connectivity index (χ4v) is 4.94. The third-order valence-electron chi connectivity index (χ3n) is 7.12. The smallest absolute Gasteiger partial charge is 0.337 e. The summed E-state index contributed by atoms with van der Waals surface area (Å²) in [5.74, 6) is -0.312. The predicted molar refractivity (Wildman–Crippen MR) is 132 cm³/mol. The Morgan fingerprint density at radius 3 is 2.26 bits per heavy atom. The molecule has 0 radical (unpaired) electrons. The summed E-state index contributed by atoms with van der Waals surface area (Å²) in [4.78, 5) is 56.2. The maximum atomic E-state index is 13.6. The molecule has 2 saturated heterocycles. The minimum Gasteiger partial charge on any atom is -0.465 e. The van der Waals surface area contributed by atoms with Gasteiger partial charge in [0.1, 0.15) is 5.54 Å². The molecule has 2 aliphatic heterocycles. The van der Waals surface area contributed by atoms with Crippen molar-refractivity contribution < 1.29 is 23.9 Å². The topological polar surface area (TPSA) is 99.3 Å². The fraction of sp³-hybridized carbons (Fsp3) is 0.615. The van der Waals surface area contributed by atoms with Crippen LogP contribution in [-0.2, 0) is 9.53 Å². The molecule has 35 heavy (non-hydrogen) atoms. The summed E-state index contributed by atoms with van der Waals surface area (Å²) in [6.07, 6.45) is 2.70. The highest BCUT2D eigenvalue weighted by Gasteiger charge is 2.55. The first-order chi connectivity index (χ1) is 16.6. The fourth-order valence-electron chi connectivity index (χ4n) is 4.94. The summed E-state index contributed by atoms with van der Waals surface area (Å²) in [7, 11) is 5.15. The molecular weight excluding hydrogens is 448 g/mol. The van der Waals surface area contributed by atoms with Crippen molar-refractivity contribution in [3.05, 3.63) is 35.4 Å². The number of ether oxygens (including phenoxy) is 1. The molecule has 1 N–H and O–H groups in total. The number of urea groups is 1. The van der Waals surface area contributed by atoms with Crippen molar-refractivity contribution in [2.24, 2.45) is 11.8 Å². The number of carbonyl (C=O) groups is 4. The summed E-state index contributed by atoms with van der Waals surface area (Å²) < 4.78 is 4.71. The molecule has 0 aliphatic carbocycles. The quantitative estimate of drug-likeness (QED) is 0.426. The minimum atomic E-state index is -0.912. The summed E-state index contributed by atoms with van der Waals surface area (Å²) >= 11 is 0. The van der Waals surface area contributed by atoms with Gasteiger partial charge in [0.05, 0.1) is 12.7 Å². The summed E-state index contributed by atoms with van der Waals surface area (Å²) in [5, 5.41) is 3.09. The van der Waals surface area contributed by atoms with Gasteiger partial charge in [-0.15, -0.1) is 0 Å². The number of esters is 1. The van der Waals surface area contributed by atoms with Crippen LogP contribution < -0.4 is 5.32 Å². The Bertz CT molecular complexity index is 938. The lowest BCUT2D eigenvalue weighted by Gasteiger charge is -2.41. The van der Waals surface area contributed by atoms with E-state index in [9.17, 15) is 19.2 Å². The van der Waals surface area contributed by atoms with E-state index in [4.69, 9.17) is 4.74 Å². The highest BCUT2D eigenvalue weighted by atomic mass is 16.5. The lowest BCUT2D eigenvalue weighted by atomic mass is 9.73. The van der Waals surface area contributed by atoms with Crippen LogP contribution in [0.5, 0.6) is 0 Å². The number of likely N-dealkylation sites (N-methyl/N-ethyl adjacent to an activating group) is 1. The Morgan fingerprint density at radius 1 is 1.11 bits per heavy atom. The average Bonchev–Trinajstić information content (AvgIpc) is 3.10. The van der Waals surface area contributed by atoms with Crippen LogP contribution in [0, 0.1) is 11.8 Å². The van der Waals surface area contributed by atoms with E-state index in [0.717, 1.165) is 6.42 Å². The molecule has 9 heteroatoms. The van der Waals surface area contributed by atoms with Gasteiger partial charge in [-0.3, -0.25) is 14.5 Å². The number of amides is 4. The second-order valence-electron chi connectivity index (χ2n) is 10.2. The summed E-state index contributed by atoms with van der Waals surface area (Å²) in [5.41, 5.74) is -0.0137. The lowest BCUT2D eigenvalue weighted by Crippen LogP contribution is -2.56. The van der Waals surface area contributed by atoms with E-state index in [-0.39, 0.29) is 23.8 Å². The van der Waals surface area contributed by atoms with Gasteiger partial charge in [0.2, 0.25) is 0 Å². The van der Waals surface area contributed by atoms with Gasteiger partial charge in [0.15, 0.2) is 0 Å². The van der Waals surface area contributed by atoms with Crippen molar-refractivity contribution in [3.8, 4) is 0 Å². The Kier molecular flexibility index (Phi) is 8.53. The van der Waals surface area contributed by atoms with Crippen LogP contribution in [-0.4, -0.2) is 91.4 Å². The number of benzene rings is 1. The number of carbonyl (C=O) groups excluding carboxylic acids is 4. The molecule has 0 aromatic heterocycles. The zero-order valence-corrected chi connectivity index (χ0v) is 21.5. The van der Waals surface area contributed by atoms with E-state index < -0.39 is 11.5 Å². The molecular formula is C26H38N4O5. The normalized spacial score (nSPS) is 21.1. The van der Waals surface area contributed by atoms with Crippen molar-refractivity contribution >= 4 is 23.8 Å². The second-order valence-corrected chi connectivity index (χ2v) is 10.2. The third-order valence-corrected chi connectivity index (χ3v) is 7.12. The zero-order valence-electron chi connectivity index (χ0n) is 21.5. The van der Waals surface area contributed by atoms with Gasteiger partial charge in [-0.1, -0.05) is 13.8 Å². The van der Waals surface area contributed by atoms with E-state index in [0.29, 0.717) is 62.5 Å². The minimum absolute atomic E-state index is 0.0344. The first-order valence-corrected chi connectivity index (χ1v) is 12.4. The van der Waals surface area contributed by atoms with Gasteiger partial charge in [0, 0.05) is 31.7 Å². The molecule has 2 fully saturated rings. The highest BCUT2D eigenvalue weighted by Crippen LogP contribution is 2.38.